The molecule has 0 N–H and O–H groups in total. The third-order valence-corrected chi connectivity index (χ3v) is 4.25. The highest BCUT2D eigenvalue weighted by molar-refractivity contribution is 5.22. The zero-order valence-electron chi connectivity index (χ0n) is 13.4. The number of nitrogens with zero attached hydrogens (tertiary/aromatic N) is 3. The second kappa shape index (κ2) is 7.55. The molecule has 1 aliphatic heterocycles. The predicted octanol–water partition coefficient (Wildman–Crippen LogP) is 3.55. The van der Waals surface area contributed by atoms with Crippen LogP contribution in [-0.2, 0) is 13.2 Å². The summed E-state index contributed by atoms with van der Waals surface area (Å²) in [6.07, 6.45) is 4.92. The number of rotatable bonds is 6. The Balaban J connectivity index is 1.54. The lowest BCUT2D eigenvalue weighted by atomic mass is 10.0. The monoisotopic (exact) mass is 319 g/mol. The highest BCUT2D eigenvalue weighted by Gasteiger charge is 2.22. The normalized spacial score (nSPS) is 19.0. The van der Waals surface area contributed by atoms with E-state index < -0.39 is 0 Å². The van der Waals surface area contributed by atoms with E-state index in [-0.39, 0.29) is 12.4 Å². The van der Waals surface area contributed by atoms with Gasteiger partial charge in [-0.15, -0.1) is 0 Å². The molecule has 0 aliphatic carbocycles. The van der Waals surface area contributed by atoms with Gasteiger partial charge in [0.1, 0.15) is 11.6 Å². The Kier molecular flexibility index (Phi) is 5.23. The summed E-state index contributed by atoms with van der Waals surface area (Å²) in [7, 11) is 0. The fourth-order valence-electron chi connectivity index (χ4n) is 3.00. The van der Waals surface area contributed by atoms with E-state index in [1.165, 1.54) is 31.4 Å². The van der Waals surface area contributed by atoms with Crippen molar-refractivity contribution in [2.45, 2.75) is 51.8 Å². The van der Waals surface area contributed by atoms with Crippen molar-refractivity contribution in [3.8, 4) is 5.75 Å². The molecule has 3 rings (SSSR count). The van der Waals surface area contributed by atoms with Crippen LogP contribution in [0.4, 0.5) is 4.39 Å². The van der Waals surface area contributed by atoms with Crippen LogP contribution in [0.25, 0.3) is 0 Å². The average molecular weight is 319 g/mol. The molecule has 1 fully saturated rings. The van der Waals surface area contributed by atoms with Gasteiger partial charge in [0.25, 0.3) is 0 Å². The first-order valence-corrected chi connectivity index (χ1v) is 8.18. The van der Waals surface area contributed by atoms with Gasteiger partial charge in [-0.05, 0) is 50.1 Å². The van der Waals surface area contributed by atoms with E-state index in [9.17, 15) is 4.39 Å². The molecule has 0 amide bonds. The van der Waals surface area contributed by atoms with Crippen molar-refractivity contribution < 1.29 is 13.7 Å². The number of halogens is 1. The first-order chi connectivity index (χ1) is 11.2. The molecular formula is C17H22FN3O2. The minimum Gasteiger partial charge on any atom is -0.485 e. The molecule has 23 heavy (non-hydrogen) atoms. The van der Waals surface area contributed by atoms with Gasteiger partial charge in [-0.2, -0.15) is 4.98 Å². The molecule has 0 spiro atoms. The molecule has 0 saturated carbocycles. The van der Waals surface area contributed by atoms with Gasteiger partial charge in [-0.3, -0.25) is 4.90 Å². The molecule has 1 atom stereocenters. The quantitative estimate of drug-likeness (QED) is 0.815. The van der Waals surface area contributed by atoms with Crippen molar-refractivity contribution in [3.63, 3.8) is 0 Å². The molecule has 1 saturated heterocycles. The summed E-state index contributed by atoms with van der Waals surface area (Å²) in [6.45, 7) is 4.22. The second-order valence-electron chi connectivity index (χ2n) is 5.88. The highest BCUT2D eigenvalue weighted by Crippen LogP contribution is 2.21. The molecule has 2 heterocycles. The Bertz CT molecular complexity index is 615. The summed E-state index contributed by atoms with van der Waals surface area (Å²) in [6, 6.07) is 6.48. The number of hydrogen-bond donors (Lipinski definition) is 0. The van der Waals surface area contributed by atoms with Crippen LogP contribution >= 0.6 is 0 Å². The van der Waals surface area contributed by atoms with E-state index in [4.69, 9.17) is 9.26 Å². The minimum atomic E-state index is -0.286. The molecule has 5 nitrogen and oxygen atoms in total. The number of aromatic nitrogens is 2. The minimum absolute atomic E-state index is 0.215. The molecule has 6 heteroatoms. The fourth-order valence-corrected chi connectivity index (χ4v) is 3.00. The summed E-state index contributed by atoms with van der Waals surface area (Å²) in [5.74, 6) is 1.43. The van der Waals surface area contributed by atoms with Crippen LogP contribution in [0.1, 0.15) is 44.3 Å². The Morgan fingerprint density at radius 3 is 2.91 bits per heavy atom. The summed E-state index contributed by atoms with van der Waals surface area (Å²) in [5.41, 5.74) is 0. The van der Waals surface area contributed by atoms with E-state index in [2.05, 4.69) is 22.0 Å². The molecule has 2 aromatic rings. The van der Waals surface area contributed by atoms with Crippen LogP contribution in [0.15, 0.2) is 28.8 Å². The maximum atomic E-state index is 12.8. The van der Waals surface area contributed by atoms with Crippen molar-refractivity contribution in [1.82, 2.24) is 15.0 Å². The highest BCUT2D eigenvalue weighted by atomic mass is 19.1. The lowest BCUT2D eigenvalue weighted by Crippen LogP contribution is -2.38. The number of likely N-dealkylation sites (tertiary alicyclic amines) is 1. The molecule has 1 unspecified atom stereocenters. The molecule has 1 aromatic carbocycles. The van der Waals surface area contributed by atoms with Crippen molar-refractivity contribution >= 4 is 0 Å². The lowest BCUT2D eigenvalue weighted by Gasteiger charge is -2.33. The Morgan fingerprint density at radius 1 is 1.30 bits per heavy atom. The van der Waals surface area contributed by atoms with Gasteiger partial charge in [0.05, 0.1) is 6.54 Å². The van der Waals surface area contributed by atoms with Crippen molar-refractivity contribution in [2.75, 3.05) is 6.54 Å². The van der Waals surface area contributed by atoms with Gasteiger partial charge in [0.2, 0.25) is 11.7 Å². The second-order valence-corrected chi connectivity index (χ2v) is 5.88. The van der Waals surface area contributed by atoms with E-state index in [1.54, 1.807) is 12.1 Å². The van der Waals surface area contributed by atoms with Gasteiger partial charge in [0.15, 0.2) is 6.61 Å². The van der Waals surface area contributed by atoms with E-state index in [0.29, 0.717) is 30.1 Å². The Labute approximate surface area is 135 Å². The molecular weight excluding hydrogens is 297 g/mol. The number of ether oxygens (including phenoxy) is 1. The lowest BCUT2D eigenvalue weighted by molar-refractivity contribution is 0.120. The van der Waals surface area contributed by atoms with Gasteiger partial charge in [-0.25, -0.2) is 4.39 Å². The maximum Gasteiger partial charge on any atom is 0.240 e. The van der Waals surface area contributed by atoms with Gasteiger partial charge in [0, 0.05) is 6.04 Å². The largest absolute Gasteiger partial charge is 0.485 e. The van der Waals surface area contributed by atoms with Crippen LogP contribution in [0, 0.1) is 5.82 Å². The maximum absolute atomic E-state index is 12.8. The standard InChI is InChI=1S/C17H22FN3O2/c1-2-14-5-3-4-10-21(14)11-17-19-16(20-23-17)12-22-15-8-6-13(18)7-9-15/h6-9,14H,2-5,10-12H2,1H3. The predicted molar refractivity (Wildman–Crippen MR) is 83.4 cm³/mol. The summed E-state index contributed by atoms with van der Waals surface area (Å²) in [5, 5.41) is 3.95. The Hall–Kier alpha value is -1.95. The van der Waals surface area contributed by atoms with Crippen molar-refractivity contribution in [3.05, 3.63) is 41.8 Å². The van der Waals surface area contributed by atoms with Gasteiger partial charge in [-0.1, -0.05) is 18.5 Å². The Morgan fingerprint density at radius 2 is 2.13 bits per heavy atom. The van der Waals surface area contributed by atoms with Crippen LogP contribution < -0.4 is 4.74 Å². The first-order valence-electron chi connectivity index (χ1n) is 8.18. The summed E-state index contributed by atoms with van der Waals surface area (Å²) < 4.78 is 23.7. The summed E-state index contributed by atoms with van der Waals surface area (Å²) >= 11 is 0. The van der Waals surface area contributed by atoms with Gasteiger partial charge >= 0.3 is 0 Å². The zero-order valence-corrected chi connectivity index (χ0v) is 13.4. The van der Waals surface area contributed by atoms with Crippen LogP contribution in [-0.4, -0.2) is 27.6 Å². The molecule has 124 valence electrons. The fraction of sp³-hybridized carbons (Fsp3) is 0.529. The third kappa shape index (κ3) is 4.28. The topological polar surface area (TPSA) is 51.4 Å². The van der Waals surface area contributed by atoms with Crippen LogP contribution in [0.2, 0.25) is 0 Å². The molecule has 0 bridgehead atoms. The molecule has 1 aromatic heterocycles. The molecule has 1 aliphatic rings. The van der Waals surface area contributed by atoms with Gasteiger partial charge < -0.3 is 9.26 Å². The SMILES string of the molecule is CCC1CCCCN1Cc1nc(COc2ccc(F)cc2)no1. The summed E-state index contributed by atoms with van der Waals surface area (Å²) in [4.78, 5) is 6.81. The average Bonchev–Trinajstić information content (AvgIpc) is 3.02. The van der Waals surface area contributed by atoms with E-state index in [1.807, 2.05) is 0 Å². The molecule has 0 radical (unpaired) electrons. The first kappa shape index (κ1) is 15.9. The number of piperidine rings is 1. The number of hydrogen-bond acceptors (Lipinski definition) is 5. The third-order valence-electron chi connectivity index (χ3n) is 4.25. The van der Waals surface area contributed by atoms with Crippen LogP contribution in [0.3, 0.4) is 0 Å². The zero-order chi connectivity index (χ0) is 16.1. The van der Waals surface area contributed by atoms with Crippen molar-refractivity contribution in [2.24, 2.45) is 0 Å². The smallest absolute Gasteiger partial charge is 0.240 e. The van der Waals surface area contributed by atoms with E-state index in [0.717, 1.165) is 13.0 Å². The van der Waals surface area contributed by atoms with Crippen molar-refractivity contribution in [1.29, 1.82) is 0 Å². The van der Waals surface area contributed by atoms with Crippen LogP contribution in [0.5, 0.6) is 5.75 Å². The number of benzene rings is 1. The van der Waals surface area contributed by atoms with E-state index >= 15 is 0 Å².